The summed E-state index contributed by atoms with van der Waals surface area (Å²) in [5, 5.41) is 3.13. The van der Waals surface area contributed by atoms with Crippen LogP contribution in [0.2, 0.25) is 0 Å². The molecular formula is C26H30FN3O3. The minimum Gasteiger partial charge on any atom is -0.460 e. The smallest absolute Gasteiger partial charge is 0.309 e. The second-order valence-corrected chi connectivity index (χ2v) is 9.72. The molecule has 0 unspecified atom stereocenters. The molecule has 2 aromatic heterocycles. The molecule has 4 rings (SSSR count). The Bertz CT molecular complexity index is 1140. The first kappa shape index (κ1) is 23.0. The van der Waals surface area contributed by atoms with Gasteiger partial charge in [-0.05, 0) is 76.3 Å². The molecule has 174 valence electrons. The number of fused-ring (bicyclic) bond motifs is 1. The van der Waals surface area contributed by atoms with Crippen molar-refractivity contribution in [2.45, 2.75) is 64.6 Å². The zero-order chi connectivity index (χ0) is 23.6. The number of hydrogen-bond donors (Lipinski definition) is 1. The van der Waals surface area contributed by atoms with E-state index in [2.05, 4.69) is 10.3 Å². The van der Waals surface area contributed by atoms with E-state index in [4.69, 9.17) is 4.74 Å². The SMILES string of the molecule is CC(C)(C)OC(=O)C1CCC(NC(=O)c2cn(Cc3ccc(F)cc3)c3cccnc23)CC1. The highest BCUT2D eigenvalue weighted by atomic mass is 19.1. The normalized spacial score (nSPS) is 18.8. The van der Waals surface area contributed by atoms with Gasteiger partial charge in [0.1, 0.15) is 16.9 Å². The lowest BCUT2D eigenvalue weighted by Crippen LogP contribution is -2.39. The lowest BCUT2D eigenvalue weighted by molar-refractivity contribution is -0.161. The predicted molar refractivity (Wildman–Crippen MR) is 124 cm³/mol. The van der Waals surface area contributed by atoms with E-state index >= 15 is 0 Å². The first-order valence-corrected chi connectivity index (χ1v) is 11.4. The van der Waals surface area contributed by atoms with E-state index in [0.717, 1.165) is 23.9 Å². The van der Waals surface area contributed by atoms with E-state index in [-0.39, 0.29) is 29.7 Å². The molecule has 1 amide bonds. The molecular weight excluding hydrogens is 421 g/mol. The van der Waals surface area contributed by atoms with Gasteiger partial charge in [-0.3, -0.25) is 14.6 Å². The molecule has 6 nitrogen and oxygen atoms in total. The lowest BCUT2D eigenvalue weighted by atomic mass is 9.86. The third-order valence-electron chi connectivity index (χ3n) is 5.95. The van der Waals surface area contributed by atoms with Crippen LogP contribution in [0.5, 0.6) is 0 Å². The van der Waals surface area contributed by atoms with Gasteiger partial charge < -0.3 is 14.6 Å². The molecule has 1 aliphatic carbocycles. The monoisotopic (exact) mass is 451 g/mol. The van der Waals surface area contributed by atoms with Gasteiger partial charge in [-0.1, -0.05) is 12.1 Å². The van der Waals surface area contributed by atoms with Crippen molar-refractivity contribution in [3.05, 3.63) is 65.7 Å². The molecule has 3 aromatic rings. The third-order valence-corrected chi connectivity index (χ3v) is 5.95. The first-order chi connectivity index (χ1) is 15.7. The minimum atomic E-state index is -0.489. The van der Waals surface area contributed by atoms with Gasteiger partial charge in [0, 0.05) is 25.0 Å². The molecule has 1 saturated carbocycles. The molecule has 1 fully saturated rings. The van der Waals surface area contributed by atoms with E-state index < -0.39 is 5.60 Å². The number of ether oxygens (including phenoxy) is 1. The first-order valence-electron chi connectivity index (χ1n) is 11.4. The summed E-state index contributed by atoms with van der Waals surface area (Å²) in [6.45, 7) is 6.13. The zero-order valence-corrected chi connectivity index (χ0v) is 19.3. The number of carbonyl (C=O) groups is 2. The Balaban J connectivity index is 1.44. The quantitative estimate of drug-likeness (QED) is 0.563. The van der Waals surface area contributed by atoms with Crippen LogP contribution in [-0.2, 0) is 16.1 Å². The van der Waals surface area contributed by atoms with Crippen LogP contribution in [0.3, 0.4) is 0 Å². The molecule has 1 N–H and O–H groups in total. The second kappa shape index (κ2) is 9.33. The summed E-state index contributed by atoms with van der Waals surface area (Å²) in [5.41, 5.74) is 2.45. The summed E-state index contributed by atoms with van der Waals surface area (Å²) in [7, 11) is 0. The number of nitrogens with zero attached hydrogens (tertiary/aromatic N) is 2. The summed E-state index contributed by atoms with van der Waals surface area (Å²) < 4.78 is 20.7. The van der Waals surface area contributed by atoms with Crippen molar-refractivity contribution in [3.8, 4) is 0 Å². The second-order valence-electron chi connectivity index (χ2n) is 9.72. The van der Waals surface area contributed by atoms with Gasteiger partial charge in [-0.25, -0.2) is 4.39 Å². The van der Waals surface area contributed by atoms with Gasteiger partial charge in [-0.15, -0.1) is 0 Å². The van der Waals surface area contributed by atoms with Gasteiger partial charge in [0.05, 0.1) is 17.0 Å². The maximum Gasteiger partial charge on any atom is 0.309 e. The maximum atomic E-state index is 13.3. The number of carbonyl (C=O) groups excluding carboxylic acids is 2. The van der Waals surface area contributed by atoms with E-state index in [0.29, 0.717) is 30.5 Å². The van der Waals surface area contributed by atoms with Crippen LogP contribution in [0.1, 0.15) is 62.4 Å². The highest BCUT2D eigenvalue weighted by Crippen LogP contribution is 2.28. The fraction of sp³-hybridized carbons (Fsp3) is 0.423. The van der Waals surface area contributed by atoms with Gasteiger partial charge in [0.2, 0.25) is 0 Å². The third kappa shape index (κ3) is 5.59. The molecule has 0 bridgehead atoms. The van der Waals surface area contributed by atoms with Crippen molar-refractivity contribution in [1.82, 2.24) is 14.9 Å². The van der Waals surface area contributed by atoms with Crippen molar-refractivity contribution in [2.75, 3.05) is 0 Å². The van der Waals surface area contributed by atoms with E-state index in [1.807, 2.05) is 43.7 Å². The Morgan fingerprint density at radius 1 is 1.12 bits per heavy atom. The Kier molecular flexibility index (Phi) is 6.49. The highest BCUT2D eigenvalue weighted by molar-refractivity contribution is 6.05. The molecule has 1 aromatic carbocycles. The zero-order valence-electron chi connectivity index (χ0n) is 19.3. The number of rotatable bonds is 5. The standard InChI is InChI=1S/C26H30FN3O3/c1-26(2,3)33-25(32)18-8-12-20(13-9-18)29-24(31)21-16-30(22-5-4-14-28-23(21)22)15-17-6-10-19(27)11-7-17/h4-7,10-11,14,16,18,20H,8-9,12-13,15H2,1-3H3,(H,29,31). The van der Waals surface area contributed by atoms with E-state index in [9.17, 15) is 14.0 Å². The molecule has 33 heavy (non-hydrogen) atoms. The van der Waals surface area contributed by atoms with Gasteiger partial charge in [0.25, 0.3) is 5.91 Å². The predicted octanol–water partition coefficient (Wildman–Crippen LogP) is 4.85. The molecule has 0 aliphatic heterocycles. The Morgan fingerprint density at radius 3 is 2.48 bits per heavy atom. The fourth-order valence-corrected chi connectivity index (χ4v) is 4.33. The van der Waals surface area contributed by atoms with Crippen molar-refractivity contribution in [1.29, 1.82) is 0 Å². The Morgan fingerprint density at radius 2 is 1.82 bits per heavy atom. The summed E-state index contributed by atoms with van der Waals surface area (Å²) in [5.74, 6) is -0.714. The summed E-state index contributed by atoms with van der Waals surface area (Å²) in [6.07, 6.45) is 6.35. The molecule has 0 radical (unpaired) electrons. The molecule has 0 atom stereocenters. The number of amides is 1. The molecule has 0 saturated heterocycles. The van der Waals surface area contributed by atoms with Crippen LogP contribution >= 0.6 is 0 Å². The van der Waals surface area contributed by atoms with Gasteiger partial charge in [0.15, 0.2) is 0 Å². The largest absolute Gasteiger partial charge is 0.460 e. The van der Waals surface area contributed by atoms with Crippen LogP contribution in [0, 0.1) is 11.7 Å². The molecule has 2 heterocycles. The van der Waals surface area contributed by atoms with Crippen LogP contribution in [0.25, 0.3) is 11.0 Å². The number of pyridine rings is 1. The van der Waals surface area contributed by atoms with Crippen molar-refractivity contribution in [3.63, 3.8) is 0 Å². The molecule has 7 heteroatoms. The Hall–Kier alpha value is -3.22. The van der Waals surface area contributed by atoms with Crippen molar-refractivity contribution in [2.24, 2.45) is 5.92 Å². The van der Waals surface area contributed by atoms with E-state index in [1.165, 1.54) is 12.1 Å². The molecule has 1 aliphatic rings. The average Bonchev–Trinajstić information content (AvgIpc) is 3.13. The van der Waals surface area contributed by atoms with Gasteiger partial charge in [-0.2, -0.15) is 0 Å². The van der Waals surface area contributed by atoms with Crippen LogP contribution in [0.15, 0.2) is 48.8 Å². The summed E-state index contributed by atoms with van der Waals surface area (Å²) >= 11 is 0. The fourth-order valence-electron chi connectivity index (χ4n) is 4.33. The number of hydrogen-bond acceptors (Lipinski definition) is 4. The maximum absolute atomic E-state index is 13.3. The van der Waals surface area contributed by atoms with Gasteiger partial charge >= 0.3 is 5.97 Å². The number of esters is 1. The summed E-state index contributed by atoms with van der Waals surface area (Å²) in [4.78, 5) is 29.9. The van der Waals surface area contributed by atoms with Crippen LogP contribution in [-0.4, -0.2) is 33.1 Å². The van der Waals surface area contributed by atoms with Crippen LogP contribution in [0.4, 0.5) is 4.39 Å². The lowest BCUT2D eigenvalue weighted by Gasteiger charge is -2.30. The average molecular weight is 452 g/mol. The van der Waals surface area contributed by atoms with E-state index in [1.54, 1.807) is 18.3 Å². The number of nitrogens with one attached hydrogen (secondary N) is 1. The number of benzene rings is 1. The number of halogens is 1. The summed E-state index contributed by atoms with van der Waals surface area (Å²) in [6, 6.07) is 10.1. The van der Waals surface area contributed by atoms with Crippen LogP contribution < -0.4 is 5.32 Å². The number of aromatic nitrogens is 2. The van der Waals surface area contributed by atoms with Crippen molar-refractivity contribution < 1.29 is 18.7 Å². The Labute approximate surface area is 193 Å². The van der Waals surface area contributed by atoms with Crippen molar-refractivity contribution >= 4 is 22.9 Å². The highest BCUT2D eigenvalue weighted by Gasteiger charge is 2.31. The topological polar surface area (TPSA) is 73.2 Å². The minimum absolute atomic E-state index is 0.00963. The molecule has 0 spiro atoms.